The minimum atomic E-state index is -1.41. The van der Waals surface area contributed by atoms with Crippen molar-refractivity contribution < 1.29 is 23.3 Å². The average Bonchev–Trinajstić information content (AvgIpc) is 3.14. The SMILES string of the molecule is CCCOC(=O)OCN(C)/C=C\c1c(C=O)cccc1S(=O)N1CCC(N)C1. The third-order valence-electron chi connectivity index (χ3n) is 4.14. The smallest absolute Gasteiger partial charge is 0.434 e. The molecule has 8 nitrogen and oxygen atoms in total. The molecule has 1 saturated heterocycles. The Kier molecular flexibility index (Phi) is 8.62. The van der Waals surface area contributed by atoms with Gasteiger partial charge in [0.1, 0.15) is 11.0 Å². The molecule has 1 fully saturated rings. The fourth-order valence-electron chi connectivity index (χ4n) is 2.66. The molecule has 1 aliphatic rings. The van der Waals surface area contributed by atoms with Crippen LogP contribution in [0.4, 0.5) is 4.79 Å². The minimum Gasteiger partial charge on any atom is -0.434 e. The van der Waals surface area contributed by atoms with E-state index in [-0.39, 0.29) is 12.8 Å². The molecule has 0 bridgehead atoms. The van der Waals surface area contributed by atoms with Crippen LogP contribution in [0.5, 0.6) is 0 Å². The van der Waals surface area contributed by atoms with E-state index in [1.165, 1.54) is 0 Å². The summed E-state index contributed by atoms with van der Waals surface area (Å²) in [6.45, 7) is 3.39. The summed E-state index contributed by atoms with van der Waals surface area (Å²) in [4.78, 5) is 25.0. The second kappa shape index (κ2) is 10.9. The average molecular weight is 410 g/mol. The van der Waals surface area contributed by atoms with Gasteiger partial charge in [-0.25, -0.2) is 13.3 Å². The Morgan fingerprint density at radius 3 is 2.86 bits per heavy atom. The van der Waals surface area contributed by atoms with E-state index in [0.29, 0.717) is 35.7 Å². The molecule has 1 aromatic rings. The molecule has 2 rings (SSSR count). The highest BCUT2D eigenvalue weighted by Gasteiger charge is 2.26. The molecule has 0 saturated carbocycles. The summed E-state index contributed by atoms with van der Waals surface area (Å²) in [5.41, 5.74) is 6.92. The summed E-state index contributed by atoms with van der Waals surface area (Å²) in [7, 11) is 0.298. The largest absolute Gasteiger partial charge is 0.510 e. The second-order valence-electron chi connectivity index (χ2n) is 6.51. The van der Waals surface area contributed by atoms with E-state index in [9.17, 15) is 13.8 Å². The van der Waals surface area contributed by atoms with E-state index >= 15 is 0 Å². The van der Waals surface area contributed by atoms with Crippen LogP contribution < -0.4 is 5.73 Å². The molecule has 1 heterocycles. The van der Waals surface area contributed by atoms with E-state index in [1.807, 2.05) is 11.2 Å². The first-order chi connectivity index (χ1) is 13.5. The molecule has 0 aromatic heterocycles. The summed E-state index contributed by atoms with van der Waals surface area (Å²) in [5, 5.41) is 0. The van der Waals surface area contributed by atoms with Gasteiger partial charge in [0.25, 0.3) is 0 Å². The Labute approximate surface area is 167 Å². The van der Waals surface area contributed by atoms with Crippen molar-refractivity contribution in [1.82, 2.24) is 9.21 Å². The third-order valence-corrected chi connectivity index (χ3v) is 5.68. The van der Waals surface area contributed by atoms with Crippen LogP contribution in [-0.4, -0.2) is 65.4 Å². The van der Waals surface area contributed by atoms with Gasteiger partial charge >= 0.3 is 6.16 Å². The normalized spacial score (nSPS) is 18.2. The van der Waals surface area contributed by atoms with Crippen LogP contribution in [-0.2, 0) is 20.5 Å². The van der Waals surface area contributed by atoms with Gasteiger partial charge in [-0.15, -0.1) is 0 Å². The van der Waals surface area contributed by atoms with Crippen molar-refractivity contribution in [2.24, 2.45) is 5.73 Å². The van der Waals surface area contributed by atoms with Crippen molar-refractivity contribution in [3.05, 3.63) is 35.5 Å². The maximum atomic E-state index is 13.0. The Balaban J connectivity index is 2.10. The van der Waals surface area contributed by atoms with Gasteiger partial charge in [-0.1, -0.05) is 19.1 Å². The molecule has 0 spiro atoms. The van der Waals surface area contributed by atoms with Gasteiger partial charge in [0.2, 0.25) is 0 Å². The third kappa shape index (κ3) is 6.15. The standard InChI is InChI=1S/C19H27N3O5S/c1-3-11-26-19(24)27-14-21(2)9-8-17-15(13-23)5-4-6-18(17)28(25)22-10-7-16(20)12-22/h4-6,8-9,13,16H,3,7,10-12,14,20H2,1-2H3/b9-8-. The number of carbonyl (C=O) groups excluding carboxylic acids is 2. The molecule has 2 atom stereocenters. The Morgan fingerprint density at radius 1 is 1.43 bits per heavy atom. The van der Waals surface area contributed by atoms with E-state index in [2.05, 4.69) is 0 Å². The maximum Gasteiger partial charge on any atom is 0.510 e. The van der Waals surface area contributed by atoms with E-state index in [0.717, 1.165) is 19.1 Å². The molecular weight excluding hydrogens is 382 g/mol. The zero-order valence-electron chi connectivity index (χ0n) is 16.2. The first-order valence-electron chi connectivity index (χ1n) is 9.14. The van der Waals surface area contributed by atoms with Crippen LogP contribution >= 0.6 is 0 Å². The van der Waals surface area contributed by atoms with E-state index in [4.69, 9.17) is 15.2 Å². The number of nitrogens with two attached hydrogens (primary N) is 1. The van der Waals surface area contributed by atoms with Gasteiger partial charge in [-0.05, 0) is 25.0 Å². The summed E-state index contributed by atoms with van der Waals surface area (Å²) in [6, 6.07) is 5.13. The van der Waals surface area contributed by atoms with Crippen LogP contribution in [0, 0.1) is 0 Å². The number of nitrogens with zero attached hydrogens (tertiary/aromatic N) is 2. The lowest BCUT2D eigenvalue weighted by atomic mass is 10.1. The molecule has 28 heavy (non-hydrogen) atoms. The fourth-order valence-corrected chi connectivity index (χ4v) is 4.11. The fraction of sp³-hybridized carbons (Fsp3) is 0.474. The molecule has 154 valence electrons. The first kappa shape index (κ1) is 22.1. The maximum absolute atomic E-state index is 13.0. The van der Waals surface area contributed by atoms with Crippen molar-refractivity contribution >= 4 is 29.5 Å². The topological polar surface area (TPSA) is 102 Å². The summed E-state index contributed by atoms with van der Waals surface area (Å²) < 4.78 is 24.6. The van der Waals surface area contributed by atoms with E-state index < -0.39 is 17.1 Å². The van der Waals surface area contributed by atoms with Crippen molar-refractivity contribution in [2.45, 2.75) is 30.7 Å². The van der Waals surface area contributed by atoms with Gasteiger partial charge in [-0.2, -0.15) is 0 Å². The Morgan fingerprint density at radius 2 is 2.21 bits per heavy atom. The lowest BCUT2D eigenvalue weighted by molar-refractivity contribution is 0.0310. The Hall–Kier alpha value is -2.23. The van der Waals surface area contributed by atoms with Crippen LogP contribution in [0.25, 0.3) is 6.08 Å². The zero-order chi connectivity index (χ0) is 20.5. The zero-order valence-corrected chi connectivity index (χ0v) is 17.0. The predicted molar refractivity (Wildman–Crippen MR) is 107 cm³/mol. The van der Waals surface area contributed by atoms with Gasteiger partial charge < -0.3 is 20.1 Å². The summed E-state index contributed by atoms with van der Waals surface area (Å²) in [6.07, 6.45) is 4.85. The molecule has 9 heteroatoms. The minimum absolute atomic E-state index is 0.00735. The molecule has 0 aliphatic carbocycles. The van der Waals surface area contributed by atoms with Crippen molar-refractivity contribution in [3.8, 4) is 0 Å². The highest BCUT2D eigenvalue weighted by atomic mass is 32.2. The number of carbonyl (C=O) groups is 2. The van der Waals surface area contributed by atoms with Crippen LogP contribution in [0.15, 0.2) is 29.3 Å². The molecular formula is C19H27N3O5S. The first-order valence-corrected chi connectivity index (χ1v) is 10.3. The highest BCUT2D eigenvalue weighted by molar-refractivity contribution is 7.82. The van der Waals surface area contributed by atoms with Crippen LogP contribution in [0.2, 0.25) is 0 Å². The molecule has 1 aromatic carbocycles. The molecule has 0 amide bonds. The van der Waals surface area contributed by atoms with E-state index in [1.54, 1.807) is 42.4 Å². The molecule has 2 unspecified atom stereocenters. The number of hydrogen-bond donors (Lipinski definition) is 1. The van der Waals surface area contributed by atoms with Crippen molar-refractivity contribution in [3.63, 3.8) is 0 Å². The number of rotatable bonds is 9. The lowest BCUT2D eigenvalue weighted by Crippen LogP contribution is -2.28. The monoisotopic (exact) mass is 409 g/mol. The van der Waals surface area contributed by atoms with Crippen molar-refractivity contribution in [1.29, 1.82) is 0 Å². The van der Waals surface area contributed by atoms with Crippen LogP contribution in [0.1, 0.15) is 35.7 Å². The predicted octanol–water partition coefficient (Wildman–Crippen LogP) is 1.98. The van der Waals surface area contributed by atoms with Gasteiger partial charge in [0.15, 0.2) is 13.0 Å². The molecule has 2 N–H and O–H groups in total. The quantitative estimate of drug-likeness (QED) is 0.378. The number of aldehydes is 1. The summed E-state index contributed by atoms with van der Waals surface area (Å²) >= 11 is 0. The lowest BCUT2D eigenvalue weighted by Gasteiger charge is -2.18. The van der Waals surface area contributed by atoms with Gasteiger partial charge in [-0.3, -0.25) is 4.79 Å². The highest BCUT2D eigenvalue weighted by Crippen LogP contribution is 2.23. The number of benzene rings is 1. The Bertz CT molecular complexity index is 740. The number of ether oxygens (including phenoxy) is 2. The second-order valence-corrected chi connectivity index (χ2v) is 7.96. The van der Waals surface area contributed by atoms with Crippen molar-refractivity contribution in [2.75, 3.05) is 33.5 Å². The van der Waals surface area contributed by atoms with Crippen LogP contribution in [0.3, 0.4) is 0 Å². The summed E-state index contributed by atoms with van der Waals surface area (Å²) in [5.74, 6) is 0. The number of hydrogen-bond acceptors (Lipinski definition) is 7. The van der Waals surface area contributed by atoms with Gasteiger partial charge in [0.05, 0.1) is 11.5 Å². The van der Waals surface area contributed by atoms with Gasteiger partial charge in [0, 0.05) is 43.5 Å². The molecule has 0 radical (unpaired) electrons. The molecule has 1 aliphatic heterocycles.